The first kappa shape index (κ1) is 17.9. The van der Waals surface area contributed by atoms with Gasteiger partial charge in [0.05, 0.1) is 0 Å². The second-order valence-electron chi connectivity index (χ2n) is 6.04. The molecule has 0 amide bonds. The van der Waals surface area contributed by atoms with Gasteiger partial charge in [-0.05, 0) is 25.7 Å². The molecule has 0 heterocycles. The highest BCUT2D eigenvalue weighted by atomic mass is 17.0. The molecule has 0 spiro atoms. The molecular formula is C12H20N4O8. The van der Waals surface area contributed by atoms with E-state index in [1.54, 1.807) is 0 Å². The lowest BCUT2D eigenvalue weighted by Gasteiger charge is -2.29. The van der Waals surface area contributed by atoms with Gasteiger partial charge in [-0.15, -0.1) is 20.2 Å². The van der Waals surface area contributed by atoms with Crippen LogP contribution < -0.4 is 0 Å². The largest absolute Gasteiger partial charge is 0.567 e. The molecule has 0 saturated heterocycles. The molecule has 2 aliphatic rings. The molecule has 0 aromatic carbocycles. The summed E-state index contributed by atoms with van der Waals surface area (Å²) in [6.45, 7) is 0. The predicted molar refractivity (Wildman–Crippen MR) is 75.5 cm³/mol. The van der Waals surface area contributed by atoms with E-state index in [0.717, 1.165) is 0 Å². The van der Waals surface area contributed by atoms with Crippen LogP contribution >= 0.6 is 0 Å². The van der Waals surface area contributed by atoms with Gasteiger partial charge in [0.25, 0.3) is 22.3 Å². The summed E-state index contributed by atoms with van der Waals surface area (Å²) in [6, 6.07) is -1.97. The van der Waals surface area contributed by atoms with Crippen molar-refractivity contribution in [2.75, 3.05) is 0 Å². The van der Waals surface area contributed by atoms with E-state index < -0.39 is 34.5 Å². The highest BCUT2D eigenvalue weighted by Crippen LogP contribution is 2.27. The van der Waals surface area contributed by atoms with Gasteiger partial charge in [-0.25, -0.2) is 0 Å². The molecule has 12 nitrogen and oxygen atoms in total. The Morgan fingerprint density at radius 3 is 1.29 bits per heavy atom. The first-order valence-electron chi connectivity index (χ1n) is 7.95. The first-order chi connectivity index (χ1) is 11.4. The minimum atomic E-state index is -0.986. The van der Waals surface area contributed by atoms with Gasteiger partial charge >= 0.3 is 0 Å². The van der Waals surface area contributed by atoms with E-state index in [1.807, 2.05) is 0 Å². The van der Waals surface area contributed by atoms with Crippen molar-refractivity contribution in [3.63, 3.8) is 0 Å². The van der Waals surface area contributed by atoms with Crippen molar-refractivity contribution in [2.24, 2.45) is 0 Å². The normalized spacial score (nSPS) is 31.7. The van der Waals surface area contributed by atoms with E-state index in [9.17, 15) is 30.6 Å². The lowest BCUT2D eigenvalue weighted by molar-refractivity contribution is -1.01. The first-order valence-corrected chi connectivity index (χ1v) is 7.95. The van der Waals surface area contributed by atoms with Crippen molar-refractivity contribution in [1.29, 1.82) is 0 Å². The molecule has 0 radical (unpaired) electrons. The summed E-state index contributed by atoms with van der Waals surface area (Å²) in [6.07, 6.45) is 1.83. The molecule has 4 atom stereocenters. The summed E-state index contributed by atoms with van der Waals surface area (Å²) in [5.74, 6) is 0. The second-order valence-corrected chi connectivity index (χ2v) is 6.04. The third kappa shape index (κ3) is 4.32. The standard InChI is InChI=1S/C12H20N4O8/c17-13(9-5-1-3-7-11(9)23-15(19)20)14(18)10-6-2-4-8-12(10)24-16(21)22/h9-12H,1-8H2/b14-13+. The Morgan fingerprint density at radius 2 is 0.958 bits per heavy atom. The van der Waals surface area contributed by atoms with Gasteiger partial charge < -0.3 is 20.1 Å². The van der Waals surface area contributed by atoms with Gasteiger partial charge in [0, 0.05) is 22.6 Å². The molecule has 24 heavy (non-hydrogen) atoms. The molecule has 2 rings (SSSR count). The zero-order valence-electron chi connectivity index (χ0n) is 13.0. The number of rotatable bonds is 6. The van der Waals surface area contributed by atoms with Crippen molar-refractivity contribution in [3.8, 4) is 0 Å². The van der Waals surface area contributed by atoms with E-state index in [0.29, 0.717) is 38.5 Å². The van der Waals surface area contributed by atoms with Crippen LogP contribution in [-0.4, -0.2) is 44.2 Å². The molecule has 136 valence electrons. The highest BCUT2D eigenvalue weighted by molar-refractivity contribution is 4.76. The third-order valence-electron chi connectivity index (χ3n) is 4.54. The topological polar surface area (TPSA) is 157 Å². The van der Waals surface area contributed by atoms with Crippen LogP contribution in [0.3, 0.4) is 0 Å². The molecule has 12 heteroatoms. The van der Waals surface area contributed by atoms with Gasteiger partial charge in [0.15, 0.2) is 12.2 Å². The number of hydrogen-bond acceptors (Lipinski definition) is 8. The van der Waals surface area contributed by atoms with Gasteiger partial charge in [0.2, 0.25) is 0 Å². The minimum Gasteiger partial charge on any atom is -0.567 e. The summed E-state index contributed by atoms with van der Waals surface area (Å²) in [5, 5.41) is 44.0. The molecule has 2 fully saturated rings. The number of hydrogen-bond donors (Lipinski definition) is 0. The summed E-state index contributed by atoms with van der Waals surface area (Å²) in [4.78, 5) is 30.4. The van der Waals surface area contributed by atoms with Crippen LogP contribution in [0.5, 0.6) is 0 Å². The number of hydroxylamine groups is 2. The molecule has 0 N–H and O–H groups in total. The Morgan fingerprint density at radius 1 is 0.625 bits per heavy atom. The molecule has 2 saturated carbocycles. The van der Waals surface area contributed by atoms with E-state index in [2.05, 4.69) is 9.68 Å². The Labute approximate surface area is 137 Å². The quantitative estimate of drug-likeness (QED) is 0.302. The van der Waals surface area contributed by atoms with Crippen molar-refractivity contribution in [2.45, 2.75) is 75.7 Å². The average Bonchev–Trinajstić information content (AvgIpc) is 2.53. The Bertz CT molecular complexity index is 469. The summed E-state index contributed by atoms with van der Waals surface area (Å²) in [7, 11) is 0. The van der Waals surface area contributed by atoms with Crippen LogP contribution in [0, 0.1) is 30.6 Å². The average molecular weight is 348 g/mol. The fourth-order valence-corrected chi connectivity index (χ4v) is 3.42. The number of azo groups is 1. The van der Waals surface area contributed by atoms with Crippen LogP contribution in [0.25, 0.3) is 0 Å². The van der Waals surface area contributed by atoms with Crippen molar-refractivity contribution >= 4 is 0 Å². The summed E-state index contributed by atoms with van der Waals surface area (Å²) < 4.78 is 0. The zero-order valence-corrected chi connectivity index (χ0v) is 13.0. The maximum Gasteiger partial charge on any atom is 0.295 e. The van der Waals surface area contributed by atoms with Crippen LogP contribution in [0.2, 0.25) is 0 Å². The van der Waals surface area contributed by atoms with Crippen molar-refractivity contribution in [1.82, 2.24) is 0 Å². The van der Waals surface area contributed by atoms with Crippen LogP contribution in [0.1, 0.15) is 51.4 Å². The van der Waals surface area contributed by atoms with Crippen LogP contribution in [-0.2, 0) is 9.68 Å². The second kappa shape index (κ2) is 7.93. The Hall–Kier alpha value is -2.40. The predicted octanol–water partition coefficient (Wildman–Crippen LogP) is 1.50. The lowest BCUT2D eigenvalue weighted by Crippen LogP contribution is -2.48. The smallest absolute Gasteiger partial charge is 0.295 e. The van der Waals surface area contributed by atoms with Crippen LogP contribution in [0.4, 0.5) is 0 Å². The van der Waals surface area contributed by atoms with Crippen molar-refractivity contribution in [3.05, 3.63) is 30.6 Å². The highest BCUT2D eigenvalue weighted by Gasteiger charge is 2.43. The van der Waals surface area contributed by atoms with Gasteiger partial charge in [0.1, 0.15) is 0 Å². The molecule has 0 aromatic heterocycles. The van der Waals surface area contributed by atoms with E-state index in [1.165, 1.54) is 0 Å². The molecule has 4 unspecified atom stereocenters. The molecule has 0 aromatic rings. The molecule has 0 aliphatic heterocycles. The fraction of sp³-hybridized carbons (Fsp3) is 1.00. The minimum absolute atomic E-state index is 0.139. The monoisotopic (exact) mass is 348 g/mol. The van der Waals surface area contributed by atoms with Gasteiger partial charge in [-0.1, -0.05) is 12.8 Å². The summed E-state index contributed by atoms with van der Waals surface area (Å²) >= 11 is 0. The van der Waals surface area contributed by atoms with Crippen LogP contribution in [0.15, 0.2) is 0 Å². The maximum atomic E-state index is 12.4. The zero-order chi connectivity index (χ0) is 17.7. The fourth-order valence-electron chi connectivity index (χ4n) is 3.42. The van der Waals surface area contributed by atoms with Gasteiger partial charge in [-0.2, -0.15) is 0 Å². The van der Waals surface area contributed by atoms with E-state index in [-0.39, 0.29) is 22.6 Å². The maximum absolute atomic E-state index is 12.4. The molecular weight excluding hydrogens is 328 g/mol. The van der Waals surface area contributed by atoms with E-state index >= 15 is 0 Å². The molecule has 0 bridgehead atoms. The van der Waals surface area contributed by atoms with E-state index in [4.69, 9.17) is 0 Å². The lowest BCUT2D eigenvalue weighted by atomic mass is 9.92. The SMILES string of the molecule is O=[N+]([O-])OC1CCCCC1/[N+]([O-])=[N+](\[O-])C1CCCCC1O[N+](=O)[O-]. The Kier molecular flexibility index (Phi) is 5.93. The molecule has 2 aliphatic carbocycles. The van der Waals surface area contributed by atoms with Crippen molar-refractivity contribution < 1.29 is 29.6 Å². The summed E-state index contributed by atoms with van der Waals surface area (Å²) in [5.41, 5.74) is 0. The van der Waals surface area contributed by atoms with Gasteiger partial charge in [-0.3, -0.25) is 0 Å². The Balaban J connectivity index is 2.19. The number of nitrogens with zero attached hydrogens (tertiary/aromatic N) is 4. The third-order valence-corrected chi connectivity index (χ3v) is 4.54.